The third-order valence-electron chi connectivity index (χ3n) is 1.76. The lowest BCUT2D eigenvalue weighted by Crippen LogP contribution is -2.03. The number of nitrogens with zero attached hydrogens (tertiary/aromatic N) is 1. The number of aliphatic hydroxyl groups excluding tert-OH is 1. The molecule has 1 aromatic heterocycles. The fourth-order valence-corrected chi connectivity index (χ4v) is 1.76. The monoisotopic (exact) mass is 285 g/mol. The quantitative estimate of drug-likeness (QED) is 0.867. The van der Waals surface area contributed by atoms with Gasteiger partial charge in [0.25, 0.3) is 6.43 Å². The molecule has 0 amide bonds. The maximum Gasteiger partial charge on any atom is 0.266 e. The lowest BCUT2D eigenvalue weighted by atomic mass is 10.1. The molecule has 0 saturated carbocycles. The van der Waals surface area contributed by atoms with Crippen molar-refractivity contribution >= 4 is 27.5 Å². The summed E-state index contributed by atoms with van der Waals surface area (Å²) >= 11 is 8.50. The van der Waals surface area contributed by atoms with E-state index in [0.29, 0.717) is 4.47 Å². The second kappa shape index (κ2) is 5.00. The van der Waals surface area contributed by atoms with Gasteiger partial charge in [0.1, 0.15) is 0 Å². The van der Waals surface area contributed by atoms with Crippen LogP contribution in [-0.2, 0) is 12.5 Å². The van der Waals surface area contributed by atoms with Gasteiger partial charge in [-0.3, -0.25) is 4.98 Å². The first-order chi connectivity index (χ1) is 6.61. The summed E-state index contributed by atoms with van der Waals surface area (Å²) in [6.45, 7) is -0.466. The molecular weight excluding hydrogens is 279 g/mol. The summed E-state index contributed by atoms with van der Waals surface area (Å²) in [6.07, 6.45) is -1.33. The number of hydrogen-bond donors (Lipinski definition) is 1. The van der Waals surface area contributed by atoms with E-state index in [-0.39, 0.29) is 22.7 Å². The minimum Gasteiger partial charge on any atom is -0.392 e. The number of aliphatic hydroxyl groups is 1. The first kappa shape index (κ1) is 11.8. The molecule has 0 aliphatic carbocycles. The summed E-state index contributed by atoms with van der Waals surface area (Å²) in [5.74, 6) is -0.0973. The lowest BCUT2D eigenvalue weighted by Gasteiger charge is -2.11. The van der Waals surface area contributed by atoms with Crippen LogP contribution < -0.4 is 0 Å². The van der Waals surface area contributed by atoms with Crippen molar-refractivity contribution in [3.63, 3.8) is 0 Å². The molecule has 0 unspecified atom stereocenters. The zero-order valence-corrected chi connectivity index (χ0v) is 9.32. The Kier molecular flexibility index (Phi) is 4.22. The fraction of sp³-hybridized carbons (Fsp3) is 0.375. The van der Waals surface area contributed by atoms with Gasteiger partial charge in [0.05, 0.1) is 18.2 Å². The molecule has 1 aromatic rings. The van der Waals surface area contributed by atoms with Gasteiger partial charge >= 0.3 is 0 Å². The number of hydrogen-bond acceptors (Lipinski definition) is 2. The maximum absolute atomic E-state index is 12.6. The summed E-state index contributed by atoms with van der Waals surface area (Å²) < 4.78 is 25.6. The Morgan fingerprint density at radius 1 is 1.57 bits per heavy atom. The van der Waals surface area contributed by atoms with Crippen LogP contribution in [0.5, 0.6) is 0 Å². The number of halogens is 4. The van der Waals surface area contributed by atoms with Crippen LogP contribution in [0, 0.1) is 0 Å². The maximum atomic E-state index is 12.6. The van der Waals surface area contributed by atoms with E-state index in [1.165, 1.54) is 6.20 Å². The van der Waals surface area contributed by atoms with Gasteiger partial charge in [-0.15, -0.1) is 11.6 Å². The van der Waals surface area contributed by atoms with Crippen LogP contribution >= 0.6 is 27.5 Å². The van der Waals surface area contributed by atoms with Crippen molar-refractivity contribution in [1.82, 2.24) is 4.98 Å². The van der Waals surface area contributed by atoms with Gasteiger partial charge in [0.15, 0.2) is 0 Å². The largest absolute Gasteiger partial charge is 0.392 e. The third-order valence-corrected chi connectivity index (χ3v) is 2.70. The van der Waals surface area contributed by atoms with E-state index < -0.39 is 13.0 Å². The number of aromatic nitrogens is 1. The summed E-state index contributed by atoms with van der Waals surface area (Å²) in [5, 5.41) is 8.93. The van der Waals surface area contributed by atoms with Crippen LogP contribution in [0.1, 0.15) is 23.2 Å². The van der Waals surface area contributed by atoms with E-state index in [9.17, 15) is 8.78 Å². The fourth-order valence-electron chi connectivity index (χ4n) is 1.11. The Bertz CT molecular complexity index is 335. The van der Waals surface area contributed by atoms with Crippen LogP contribution in [0.3, 0.4) is 0 Å². The predicted molar refractivity (Wildman–Crippen MR) is 52.4 cm³/mol. The van der Waals surface area contributed by atoms with Gasteiger partial charge < -0.3 is 5.11 Å². The average molecular weight is 287 g/mol. The van der Waals surface area contributed by atoms with Gasteiger partial charge in [-0.1, -0.05) is 0 Å². The highest BCUT2D eigenvalue weighted by Crippen LogP contribution is 2.31. The molecule has 0 radical (unpaired) electrons. The number of alkyl halides is 3. The van der Waals surface area contributed by atoms with Crippen molar-refractivity contribution < 1.29 is 13.9 Å². The summed E-state index contributed by atoms with van der Waals surface area (Å²) in [7, 11) is 0. The number of pyridine rings is 1. The van der Waals surface area contributed by atoms with Crippen LogP contribution in [0.15, 0.2) is 10.7 Å². The Morgan fingerprint density at radius 2 is 2.21 bits per heavy atom. The molecule has 0 saturated heterocycles. The minimum atomic E-state index is -2.68. The van der Waals surface area contributed by atoms with E-state index in [2.05, 4.69) is 20.9 Å². The van der Waals surface area contributed by atoms with Crippen LogP contribution in [0.2, 0.25) is 0 Å². The Hall–Kier alpha value is -0.260. The highest BCUT2D eigenvalue weighted by atomic mass is 79.9. The van der Waals surface area contributed by atoms with Crippen LogP contribution in [-0.4, -0.2) is 10.1 Å². The Labute approximate surface area is 93.0 Å². The normalized spacial score (nSPS) is 11.0. The molecule has 1 rings (SSSR count). The van der Waals surface area contributed by atoms with E-state index in [0.717, 1.165) is 0 Å². The predicted octanol–water partition coefficient (Wildman–Crippen LogP) is 3.01. The molecule has 78 valence electrons. The highest BCUT2D eigenvalue weighted by Gasteiger charge is 2.20. The SMILES string of the molecule is OCc1c(Br)cnc(CCl)c1C(F)F. The minimum absolute atomic E-state index is 0.0973. The second-order valence-corrected chi connectivity index (χ2v) is 3.66. The Morgan fingerprint density at radius 3 is 2.64 bits per heavy atom. The molecule has 0 aliphatic heterocycles. The standard InChI is InChI=1S/C8H7BrClF2NO/c9-5-2-13-6(1-10)7(8(11)12)4(5)3-14/h2,8,14H,1,3H2. The molecule has 0 aliphatic rings. The van der Waals surface area contributed by atoms with Gasteiger partial charge in [-0.25, -0.2) is 8.78 Å². The van der Waals surface area contributed by atoms with Crippen molar-refractivity contribution in [3.05, 3.63) is 27.5 Å². The van der Waals surface area contributed by atoms with Crippen LogP contribution in [0.25, 0.3) is 0 Å². The molecule has 6 heteroatoms. The van der Waals surface area contributed by atoms with E-state index in [1.54, 1.807) is 0 Å². The van der Waals surface area contributed by atoms with Crippen molar-refractivity contribution in [2.45, 2.75) is 18.9 Å². The molecule has 0 bridgehead atoms. The van der Waals surface area contributed by atoms with E-state index in [1.807, 2.05) is 0 Å². The molecule has 1 heterocycles. The van der Waals surface area contributed by atoms with E-state index in [4.69, 9.17) is 16.7 Å². The molecule has 2 nitrogen and oxygen atoms in total. The molecule has 14 heavy (non-hydrogen) atoms. The zero-order valence-electron chi connectivity index (χ0n) is 6.98. The smallest absolute Gasteiger partial charge is 0.266 e. The van der Waals surface area contributed by atoms with Crippen molar-refractivity contribution in [3.8, 4) is 0 Å². The topological polar surface area (TPSA) is 33.1 Å². The average Bonchev–Trinajstić information content (AvgIpc) is 2.17. The summed E-state index contributed by atoms with van der Waals surface area (Å²) in [6, 6.07) is 0. The van der Waals surface area contributed by atoms with Gasteiger partial charge in [0.2, 0.25) is 0 Å². The highest BCUT2D eigenvalue weighted by molar-refractivity contribution is 9.10. The van der Waals surface area contributed by atoms with Gasteiger partial charge in [-0.05, 0) is 15.9 Å². The summed E-state index contributed by atoms with van der Waals surface area (Å²) in [4.78, 5) is 3.76. The third kappa shape index (κ3) is 2.21. The summed E-state index contributed by atoms with van der Waals surface area (Å²) in [5.41, 5.74) is -0.0311. The second-order valence-electron chi connectivity index (χ2n) is 2.54. The van der Waals surface area contributed by atoms with Gasteiger partial charge in [0, 0.05) is 21.8 Å². The van der Waals surface area contributed by atoms with Crippen molar-refractivity contribution in [1.29, 1.82) is 0 Å². The van der Waals surface area contributed by atoms with Crippen LogP contribution in [0.4, 0.5) is 8.78 Å². The molecule has 0 fully saturated rings. The number of rotatable bonds is 3. The molecule has 0 aromatic carbocycles. The zero-order chi connectivity index (χ0) is 10.7. The lowest BCUT2D eigenvalue weighted by molar-refractivity contribution is 0.145. The molecule has 0 spiro atoms. The van der Waals surface area contributed by atoms with Crippen molar-refractivity contribution in [2.75, 3.05) is 0 Å². The first-order valence-electron chi connectivity index (χ1n) is 3.73. The molecular formula is C8H7BrClF2NO. The van der Waals surface area contributed by atoms with Crippen molar-refractivity contribution in [2.24, 2.45) is 0 Å². The van der Waals surface area contributed by atoms with Gasteiger partial charge in [-0.2, -0.15) is 0 Å². The Balaban J connectivity index is 3.36. The van der Waals surface area contributed by atoms with E-state index >= 15 is 0 Å². The first-order valence-corrected chi connectivity index (χ1v) is 5.05. The molecule has 0 atom stereocenters. The molecule has 1 N–H and O–H groups in total.